The average molecular weight is 266 g/mol. The van der Waals surface area contributed by atoms with Crippen LogP contribution in [-0.2, 0) is 6.42 Å². The molecular weight excluding hydrogens is 250 g/mol. The number of halogens is 2. The summed E-state index contributed by atoms with van der Waals surface area (Å²) in [6.07, 6.45) is 3.71. The van der Waals surface area contributed by atoms with Crippen molar-refractivity contribution in [2.75, 3.05) is 5.73 Å². The predicted octanol–water partition coefficient (Wildman–Crippen LogP) is 3.93. The molecule has 0 aliphatic heterocycles. The number of nitrogens with two attached hydrogens (primary N) is 1. The Hall–Kier alpha value is -1.91. The molecule has 2 N–H and O–H groups in total. The number of hydrogen-bond acceptors (Lipinski definition) is 3. The van der Waals surface area contributed by atoms with Crippen LogP contribution in [0.25, 0.3) is 11.1 Å². The molecule has 0 bridgehead atoms. The van der Waals surface area contributed by atoms with Gasteiger partial charge in [0.25, 0.3) is 0 Å². The van der Waals surface area contributed by atoms with Crippen molar-refractivity contribution in [3.05, 3.63) is 35.6 Å². The summed E-state index contributed by atoms with van der Waals surface area (Å²) in [7, 11) is 0. The van der Waals surface area contributed by atoms with Crippen LogP contribution in [0.3, 0.4) is 0 Å². The smallest absolute Gasteiger partial charge is 0.175 e. The Labute approximate surface area is 110 Å². The number of aromatic nitrogens is 1. The Bertz CT molecular complexity index is 546. The van der Waals surface area contributed by atoms with Crippen LogP contribution in [0.1, 0.15) is 31.9 Å². The Morgan fingerprint density at radius 2 is 1.84 bits per heavy atom. The number of nitrogen functional groups attached to an aromatic ring is 1. The summed E-state index contributed by atoms with van der Waals surface area (Å²) in [4.78, 5) is 0. The maximum Gasteiger partial charge on any atom is 0.175 e. The van der Waals surface area contributed by atoms with E-state index in [9.17, 15) is 8.78 Å². The van der Waals surface area contributed by atoms with Gasteiger partial charge in [-0.25, -0.2) is 8.78 Å². The van der Waals surface area contributed by atoms with Crippen LogP contribution in [-0.4, -0.2) is 5.16 Å². The highest BCUT2D eigenvalue weighted by molar-refractivity contribution is 5.75. The lowest BCUT2D eigenvalue weighted by Gasteiger charge is -2.03. The van der Waals surface area contributed by atoms with Gasteiger partial charge >= 0.3 is 0 Å². The fourth-order valence-electron chi connectivity index (χ4n) is 2.05. The van der Waals surface area contributed by atoms with Crippen molar-refractivity contribution in [3.8, 4) is 11.1 Å². The number of hydrogen-bond donors (Lipinski definition) is 1. The number of unbranched alkanes of at least 4 members (excludes halogenated alkanes) is 2. The number of nitrogens with zero attached hydrogens (tertiary/aromatic N) is 1. The fraction of sp³-hybridized carbons (Fsp3) is 0.357. The Balaban J connectivity index is 2.34. The summed E-state index contributed by atoms with van der Waals surface area (Å²) in [5, 5.41) is 3.69. The van der Waals surface area contributed by atoms with E-state index in [0.29, 0.717) is 23.3 Å². The molecule has 0 saturated carbocycles. The predicted molar refractivity (Wildman–Crippen MR) is 69.5 cm³/mol. The second-order valence-corrected chi connectivity index (χ2v) is 4.48. The standard InChI is InChI=1S/C14H16F2N2O/c1-2-3-4-5-12-13(14(17)18-19-12)9-6-10(15)8-11(16)7-9/h6-8H,2-5H2,1H3,(H2,17,18). The third kappa shape index (κ3) is 3.10. The zero-order valence-corrected chi connectivity index (χ0v) is 10.7. The van der Waals surface area contributed by atoms with E-state index >= 15 is 0 Å². The molecule has 1 aromatic heterocycles. The molecular formula is C14H16F2N2O. The van der Waals surface area contributed by atoms with Crippen molar-refractivity contribution in [1.82, 2.24) is 5.16 Å². The molecule has 0 aliphatic carbocycles. The van der Waals surface area contributed by atoms with Gasteiger partial charge in [-0.2, -0.15) is 0 Å². The quantitative estimate of drug-likeness (QED) is 0.834. The second kappa shape index (κ2) is 5.82. The Kier molecular flexibility index (Phi) is 4.14. The molecule has 0 unspecified atom stereocenters. The van der Waals surface area contributed by atoms with Gasteiger partial charge in [-0.15, -0.1) is 0 Å². The van der Waals surface area contributed by atoms with Gasteiger partial charge in [0.2, 0.25) is 0 Å². The molecule has 3 nitrogen and oxygen atoms in total. The molecule has 0 fully saturated rings. The van der Waals surface area contributed by atoms with Gasteiger partial charge in [0.05, 0.1) is 5.56 Å². The van der Waals surface area contributed by atoms with Crippen LogP contribution in [0.15, 0.2) is 22.7 Å². The first-order chi connectivity index (χ1) is 9.11. The van der Waals surface area contributed by atoms with Crippen molar-refractivity contribution >= 4 is 5.82 Å². The van der Waals surface area contributed by atoms with Gasteiger partial charge < -0.3 is 10.3 Å². The first-order valence-electron chi connectivity index (χ1n) is 6.32. The lowest BCUT2D eigenvalue weighted by atomic mass is 10.0. The normalized spacial score (nSPS) is 10.9. The second-order valence-electron chi connectivity index (χ2n) is 4.48. The molecule has 0 radical (unpaired) electrons. The van der Waals surface area contributed by atoms with Crippen LogP contribution >= 0.6 is 0 Å². The van der Waals surface area contributed by atoms with E-state index in [4.69, 9.17) is 10.3 Å². The SMILES string of the molecule is CCCCCc1onc(N)c1-c1cc(F)cc(F)c1. The van der Waals surface area contributed by atoms with E-state index in [1.165, 1.54) is 12.1 Å². The van der Waals surface area contributed by atoms with E-state index < -0.39 is 11.6 Å². The third-order valence-corrected chi connectivity index (χ3v) is 2.95. The average Bonchev–Trinajstić information content (AvgIpc) is 2.70. The molecule has 2 rings (SSSR count). The van der Waals surface area contributed by atoms with E-state index in [2.05, 4.69) is 12.1 Å². The lowest BCUT2D eigenvalue weighted by Crippen LogP contribution is -1.93. The van der Waals surface area contributed by atoms with Gasteiger partial charge in [0.15, 0.2) is 5.82 Å². The number of rotatable bonds is 5. The molecule has 19 heavy (non-hydrogen) atoms. The van der Waals surface area contributed by atoms with Crippen LogP contribution in [0.5, 0.6) is 0 Å². The van der Waals surface area contributed by atoms with E-state index in [1.54, 1.807) is 0 Å². The van der Waals surface area contributed by atoms with Crippen molar-refractivity contribution < 1.29 is 13.3 Å². The summed E-state index contributed by atoms with van der Waals surface area (Å²) in [5.41, 5.74) is 6.59. The first-order valence-corrected chi connectivity index (χ1v) is 6.32. The highest BCUT2D eigenvalue weighted by Crippen LogP contribution is 2.31. The lowest BCUT2D eigenvalue weighted by molar-refractivity contribution is 0.382. The Morgan fingerprint density at radius 1 is 1.16 bits per heavy atom. The summed E-state index contributed by atoms with van der Waals surface area (Å²) in [5.74, 6) is -0.544. The molecule has 0 spiro atoms. The summed E-state index contributed by atoms with van der Waals surface area (Å²) >= 11 is 0. The van der Waals surface area contributed by atoms with Gasteiger partial charge in [-0.3, -0.25) is 0 Å². The summed E-state index contributed by atoms with van der Waals surface area (Å²) < 4.78 is 31.7. The molecule has 5 heteroatoms. The summed E-state index contributed by atoms with van der Waals surface area (Å²) in [6, 6.07) is 3.29. The molecule has 0 amide bonds. The molecule has 0 saturated heterocycles. The largest absolute Gasteiger partial charge is 0.380 e. The van der Waals surface area contributed by atoms with Crippen molar-refractivity contribution in [2.24, 2.45) is 0 Å². The van der Waals surface area contributed by atoms with Crippen LogP contribution in [0.4, 0.5) is 14.6 Å². The monoisotopic (exact) mass is 266 g/mol. The minimum absolute atomic E-state index is 0.163. The molecule has 2 aromatic rings. The first kappa shape index (κ1) is 13.5. The van der Waals surface area contributed by atoms with E-state index in [0.717, 1.165) is 25.3 Å². The van der Waals surface area contributed by atoms with Gasteiger partial charge in [0.1, 0.15) is 17.4 Å². The fourth-order valence-corrected chi connectivity index (χ4v) is 2.05. The molecule has 0 atom stereocenters. The van der Waals surface area contributed by atoms with Crippen molar-refractivity contribution in [3.63, 3.8) is 0 Å². The highest BCUT2D eigenvalue weighted by atomic mass is 19.1. The van der Waals surface area contributed by atoms with Crippen molar-refractivity contribution in [1.29, 1.82) is 0 Å². The summed E-state index contributed by atoms with van der Waals surface area (Å²) in [6.45, 7) is 2.09. The maximum atomic E-state index is 13.3. The van der Waals surface area contributed by atoms with Crippen LogP contribution in [0, 0.1) is 11.6 Å². The van der Waals surface area contributed by atoms with Gasteiger partial charge in [-0.05, 0) is 24.1 Å². The molecule has 102 valence electrons. The molecule has 1 heterocycles. The minimum atomic E-state index is -0.643. The highest BCUT2D eigenvalue weighted by Gasteiger charge is 2.17. The number of benzene rings is 1. The van der Waals surface area contributed by atoms with Crippen LogP contribution < -0.4 is 5.73 Å². The number of aryl methyl sites for hydroxylation is 1. The number of anilines is 1. The zero-order chi connectivity index (χ0) is 13.8. The van der Waals surface area contributed by atoms with Gasteiger partial charge in [-0.1, -0.05) is 24.9 Å². The topological polar surface area (TPSA) is 52.0 Å². The Morgan fingerprint density at radius 3 is 2.47 bits per heavy atom. The van der Waals surface area contributed by atoms with Gasteiger partial charge in [0, 0.05) is 12.5 Å². The maximum absolute atomic E-state index is 13.3. The van der Waals surface area contributed by atoms with Crippen molar-refractivity contribution in [2.45, 2.75) is 32.6 Å². The van der Waals surface area contributed by atoms with Crippen LogP contribution in [0.2, 0.25) is 0 Å². The zero-order valence-electron chi connectivity index (χ0n) is 10.7. The van der Waals surface area contributed by atoms with E-state index in [-0.39, 0.29) is 5.82 Å². The molecule has 1 aromatic carbocycles. The third-order valence-electron chi connectivity index (χ3n) is 2.95. The minimum Gasteiger partial charge on any atom is -0.380 e. The van der Waals surface area contributed by atoms with E-state index in [1.807, 2.05) is 0 Å². The molecule has 0 aliphatic rings.